The van der Waals surface area contributed by atoms with Crippen LogP contribution in [0.5, 0.6) is 34.5 Å². The Bertz CT molecular complexity index is 1760. The van der Waals surface area contributed by atoms with E-state index in [2.05, 4.69) is 26.5 Å². The van der Waals surface area contributed by atoms with Gasteiger partial charge < -0.3 is 39.8 Å². The highest BCUT2D eigenvalue weighted by Gasteiger charge is 2.57. The Morgan fingerprint density at radius 2 is 1.40 bits per heavy atom. The Kier molecular flexibility index (Phi) is 8.46. The number of phenolic OH excluding ortho intramolecular Hbond substituents is 2. The molecule has 1 unspecified atom stereocenters. The first-order valence-corrected chi connectivity index (χ1v) is 15.5. The highest BCUT2D eigenvalue weighted by Crippen LogP contribution is 2.58. The van der Waals surface area contributed by atoms with Crippen LogP contribution in [0.25, 0.3) is 0 Å². The molecule has 47 heavy (non-hydrogen) atoms. The molecule has 3 aromatic carbocycles. The lowest BCUT2D eigenvalue weighted by Gasteiger charge is -2.60. The van der Waals surface area contributed by atoms with Gasteiger partial charge in [-0.1, -0.05) is 18.2 Å². The van der Waals surface area contributed by atoms with Crippen LogP contribution in [-0.4, -0.2) is 86.2 Å². The normalized spacial score (nSPS) is 23.0. The molecule has 248 valence electrons. The first-order chi connectivity index (χ1) is 22.6. The number of carbonyl (C=O) groups excluding carboxylic acids is 1. The molecule has 2 amide bonds. The number of hydrogen-bond acceptors (Lipinski definition) is 10. The van der Waals surface area contributed by atoms with Crippen molar-refractivity contribution in [2.75, 3.05) is 47.3 Å². The molecule has 3 aromatic rings. The van der Waals surface area contributed by atoms with Crippen molar-refractivity contribution in [1.82, 2.24) is 15.1 Å². The van der Waals surface area contributed by atoms with Crippen molar-refractivity contribution in [3.63, 3.8) is 0 Å². The van der Waals surface area contributed by atoms with Crippen molar-refractivity contribution in [2.24, 2.45) is 0 Å². The molecule has 5 atom stereocenters. The standard InChI is InChI=1S/C35H41N5O7/c1-17-31(44-4)20-14-23-28-27-21(32(45-5)18(2)34(47-7)30(27)42)13-22(39(28)3)24(15-36)40(23)25(26(20)29(41)33(17)46-6)16-37-35(43)38-19-11-9-8-10-12-19/h8-12,22-25,28,41-42H,13-14,16H2,1-7H3,(H2,37,38,43)/t22-,23-,24?,25-,28-/m0/s1. The molecule has 12 heteroatoms. The average molecular weight is 644 g/mol. The van der Waals surface area contributed by atoms with Gasteiger partial charge in [-0.2, -0.15) is 5.26 Å². The lowest BCUT2D eigenvalue weighted by atomic mass is 9.71. The molecular weight excluding hydrogens is 602 g/mol. The molecule has 0 spiro atoms. The van der Waals surface area contributed by atoms with Crippen molar-refractivity contribution in [1.29, 1.82) is 5.26 Å². The van der Waals surface area contributed by atoms with E-state index in [0.717, 1.165) is 11.1 Å². The fraction of sp³-hybridized carbons (Fsp3) is 0.429. The predicted octanol–water partition coefficient (Wildman–Crippen LogP) is 4.34. The number of aromatic hydroxyl groups is 2. The summed E-state index contributed by atoms with van der Waals surface area (Å²) in [7, 11) is 8.16. The van der Waals surface area contributed by atoms with Gasteiger partial charge in [-0.25, -0.2) is 4.79 Å². The summed E-state index contributed by atoms with van der Waals surface area (Å²) in [5.41, 5.74) is 4.77. The molecule has 3 aliphatic rings. The zero-order valence-corrected chi connectivity index (χ0v) is 27.7. The number of anilines is 1. The summed E-state index contributed by atoms with van der Waals surface area (Å²) in [4.78, 5) is 17.5. The average Bonchev–Trinajstić information content (AvgIpc) is 3.05. The highest BCUT2D eigenvalue weighted by atomic mass is 16.5. The van der Waals surface area contributed by atoms with Crippen LogP contribution in [0.2, 0.25) is 0 Å². The van der Waals surface area contributed by atoms with E-state index in [9.17, 15) is 20.3 Å². The molecule has 3 aliphatic heterocycles. The topological polar surface area (TPSA) is 149 Å². The van der Waals surface area contributed by atoms with Gasteiger partial charge in [0.25, 0.3) is 0 Å². The van der Waals surface area contributed by atoms with Gasteiger partial charge in [-0.15, -0.1) is 0 Å². The largest absolute Gasteiger partial charge is 0.504 e. The first-order valence-electron chi connectivity index (χ1n) is 15.5. The number of likely N-dealkylation sites (N-methyl/N-ethyl adjacent to an activating group) is 1. The van der Waals surface area contributed by atoms with Crippen LogP contribution in [0.15, 0.2) is 30.3 Å². The van der Waals surface area contributed by atoms with Crippen LogP contribution in [-0.2, 0) is 12.8 Å². The predicted molar refractivity (Wildman–Crippen MR) is 175 cm³/mol. The van der Waals surface area contributed by atoms with Gasteiger partial charge in [-0.05, 0) is 45.9 Å². The second-order valence-electron chi connectivity index (χ2n) is 12.3. The highest BCUT2D eigenvalue weighted by molar-refractivity contribution is 5.89. The van der Waals surface area contributed by atoms with Crippen molar-refractivity contribution >= 4 is 11.7 Å². The number of nitrogens with zero attached hydrogens (tertiary/aromatic N) is 3. The lowest BCUT2D eigenvalue weighted by molar-refractivity contribution is -0.0723. The third kappa shape index (κ3) is 4.84. The number of carbonyl (C=O) groups is 1. The van der Waals surface area contributed by atoms with E-state index in [1.807, 2.05) is 39.1 Å². The summed E-state index contributed by atoms with van der Waals surface area (Å²) >= 11 is 0. The summed E-state index contributed by atoms with van der Waals surface area (Å²) in [6, 6.07) is 8.84. The summed E-state index contributed by atoms with van der Waals surface area (Å²) in [5.74, 6) is 1.78. The van der Waals surface area contributed by atoms with Crippen LogP contribution >= 0.6 is 0 Å². The van der Waals surface area contributed by atoms with Crippen LogP contribution in [0.1, 0.15) is 45.5 Å². The van der Waals surface area contributed by atoms with E-state index < -0.39 is 24.2 Å². The molecule has 0 aliphatic carbocycles. The van der Waals surface area contributed by atoms with Crippen molar-refractivity contribution in [3.8, 4) is 40.6 Å². The Morgan fingerprint density at radius 1 is 0.872 bits per heavy atom. The molecule has 12 nitrogen and oxygen atoms in total. The molecule has 1 fully saturated rings. The summed E-state index contributed by atoms with van der Waals surface area (Å²) in [5, 5.41) is 40.2. The van der Waals surface area contributed by atoms with E-state index in [0.29, 0.717) is 58.0 Å². The maximum absolute atomic E-state index is 13.2. The van der Waals surface area contributed by atoms with Gasteiger partial charge in [0.1, 0.15) is 17.5 Å². The molecule has 2 bridgehead atoms. The number of amides is 2. The number of urea groups is 1. The van der Waals surface area contributed by atoms with Crippen LogP contribution in [0.3, 0.4) is 0 Å². The van der Waals surface area contributed by atoms with Gasteiger partial charge in [0, 0.05) is 57.7 Å². The minimum Gasteiger partial charge on any atom is -0.504 e. The van der Waals surface area contributed by atoms with Gasteiger partial charge in [0.15, 0.2) is 23.0 Å². The second kappa shape index (κ2) is 12.4. The van der Waals surface area contributed by atoms with Crippen molar-refractivity contribution < 1.29 is 34.0 Å². The quantitative estimate of drug-likeness (QED) is 0.293. The van der Waals surface area contributed by atoms with Crippen LogP contribution in [0.4, 0.5) is 10.5 Å². The third-order valence-electron chi connectivity index (χ3n) is 10.1. The number of benzene rings is 3. The number of rotatable bonds is 7. The van der Waals surface area contributed by atoms with E-state index in [4.69, 9.17) is 18.9 Å². The number of piperazine rings is 1. The van der Waals surface area contributed by atoms with Crippen molar-refractivity contribution in [2.45, 2.75) is 56.9 Å². The number of hydrogen-bond donors (Lipinski definition) is 4. The fourth-order valence-electron chi connectivity index (χ4n) is 8.30. The first kappa shape index (κ1) is 32.1. The van der Waals surface area contributed by atoms with Gasteiger partial charge >= 0.3 is 6.03 Å². The Balaban J connectivity index is 1.55. The zero-order valence-electron chi connectivity index (χ0n) is 27.7. The zero-order chi connectivity index (χ0) is 33.7. The second-order valence-corrected chi connectivity index (χ2v) is 12.3. The van der Waals surface area contributed by atoms with Crippen molar-refractivity contribution in [3.05, 3.63) is 63.7 Å². The minimum atomic E-state index is -0.657. The Labute approximate surface area is 274 Å². The molecule has 4 N–H and O–H groups in total. The molecule has 3 heterocycles. The number of nitrogens with one attached hydrogen (secondary N) is 2. The molecule has 6 rings (SSSR count). The molecule has 0 saturated carbocycles. The molecule has 1 saturated heterocycles. The number of fused-ring (bicyclic) bond motifs is 7. The summed E-state index contributed by atoms with van der Waals surface area (Å²) < 4.78 is 23.2. The number of nitriles is 1. The monoisotopic (exact) mass is 643 g/mol. The van der Waals surface area contributed by atoms with Gasteiger partial charge in [0.05, 0.1) is 46.6 Å². The smallest absolute Gasteiger partial charge is 0.319 e. The van der Waals surface area contributed by atoms with Gasteiger partial charge in [0.2, 0.25) is 0 Å². The minimum absolute atomic E-state index is 0.0369. The van der Waals surface area contributed by atoms with E-state index >= 15 is 0 Å². The SMILES string of the molecule is COc1c(C)c(OC)c2c(c1O)[C@@H]1[C@@H]3Cc4c(OC)c(C)c(OC)c(O)c4[C@H](CNC(=O)Nc4ccccc4)N3C(C#N)[C@H](C2)N1C. The third-order valence-corrected chi connectivity index (χ3v) is 10.1. The van der Waals surface area contributed by atoms with E-state index in [1.54, 1.807) is 26.4 Å². The molecule has 0 radical (unpaired) electrons. The van der Waals surface area contributed by atoms with E-state index in [1.165, 1.54) is 14.2 Å². The lowest BCUT2D eigenvalue weighted by Crippen LogP contribution is -2.68. The molecule has 0 aromatic heterocycles. The van der Waals surface area contributed by atoms with Gasteiger partial charge in [-0.3, -0.25) is 9.80 Å². The maximum atomic E-state index is 13.2. The fourth-order valence-corrected chi connectivity index (χ4v) is 8.30. The molecular formula is C35H41N5O7. The van der Waals surface area contributed by atoms with E-state index in [-0.39, 0.29) is 35.9 Å². The Morgan fingerprint density at radius 3 is 1.96 bits per heavy atom. The summed E-state index contributed by atoms with van der Waals surface area (Å²) in [6.45, 7) is 3.74. The number of para-hydroxylation sites is 1. The van der Waals surface area contributed by atoms with Crippen LogP contribution in [0, 0.1) is 25.2 Å². The van der Waals surface area contributed by atoms with Crippen LogP contribution < -0.4 is 29.6 Å². The number of phenols is 2. The maximum Gasteiger partial charge on any atom is 0.319 e. The summed E-state index contributed by atoms with van der Waals surface area (Å²) in [6.07, 6.45) is 0.806. The Hall–Kier alpha value is -4.86. The number of methoxy groups -OCH3 is 4. The number of ether oxygens (including phenoxy) is 4.